The zero-order valence-electron chi connectivity index (χ0n) is 9.18. The van der Waals surface area contributed by atoms with Crippen molar-refractivity contribution >= 4 is 16.8 Å². The van der Waals surface area contributed by atoms with Gasteiger partial charge in [0.2, 0.25) is 0 Å². The first kappa shape index (κ1) is 12.8. The van der Waals surface area contributed by atoms with Gasteiger partial charge in [0.1, 0.15) is 0 Å². The molecule has 0 bridgehead atoms. The van der Waals surface area contributed by atoms with Crippen LogP contribution in [0.15, 0.2) is 18.3 Å². The van der Waals surface area contributed by atoms with Crippen LogP contribution in [0.4, 0.5) is 0 Å². The molecule has 0 saturated carbocycles. The second-order valence-corrected chi connectivity index (χ2v) is 5.06. The second-order valence-electron chi connectivity index (χ2n) is 3.49. The molecule has 0 saturated heterocycles. The molecule has 0 fully saturated rings. The maximum Gasteiger partial charge on any atom is 0.337 e. The Morgan fingerprint density at radius 3 is 2.75 bits per heavy atom. The molecule has 4 nitrogen and oxygen atoms in total. The highest BCUT2D eigenvalue weighted by atomic mass is 32.2. The number of carboxylic acid groups (broad SMARTS) is 1. The Kier molecular flexibility index (Phi) is 5.11. The van der Waals surface area contributed by atoms with Crippen molar-refractivity contribution < 1.29 is 14.1 Å². The summed E-state index contributed by atoms with van der Waals surface area (Å²) in [6, 6.07) is 3.11. The summed E-state index contributed by atoms with van der Waals surface area (Å²) in [5.41, 5.74) is 0.836. The maximum absolute atomic E-state index is 11.5. The number of unbranched alkanes of at least 4 members (excludes halogenated alkanes) is 1. The third-order valence-corrected chi connectivity index (χ3v) is 3.47. The first-order valence-corrected chi connectivity index (χ1v) is 6.65. The minimum atomic E-state index is -0.994. The number of hydrogen-bond donors (Lipinski definition) is 1. The summed E-state index contributed by atoms with van der Waals surface area (Å²) in [5, 5.41) is 8.67. The van der Waals surface area contributed by atoms with Gasteiger partial charge in [-0.3, -0.25) is 9.19 Å². The molecule has 0 spiro atoms. The van der Waals surface area contributed by atoms with Crippen molar-refractivity contribution in [3.63, 3.8) is 0 Å². The average molecular weight is 241 g/mol. The Hall–Kier alpha value is -1.23. The van der Waals surface area contributed by atoms with E-state index in [0.717, 1.165) is 12.8 Å². The highest BCUT2D eigenvalue weighted by Gasteiger charge is 2.05. The highest BCUT2D eigenvalue weighted by Crippen LogP contribution is 2.04. The van der Waals surface area contributed by atoms with Gasteiger partial charge < -0.3 is 5.11 Å². The van der Waals surface area contributed by atoms with Gasteiger partial charge in [0.05, 0.1) is 17.0 Å². The highest BCUT2D eigenvalue weighted by molar-refractivity contribution is 7.84. The summed E-state index contributed by atoms with van der Waals surface area (Å²) < 4.78 is 11.5. The van der Waals surface area contributed by atoms with E-state index in [2.05, 4.69) is 11.9 Å². The van der Waals surface area contributed by atoms with Gasteiger partial charge in [0.25, 0.3) is 0 Å². The number of aromatic carboxylic acids is 1. The number of pyridine rings is 1. The van der Waals surface area contributed by atoms with E-state index >= 15 is 0 Å². The predicted molar refractivity (Wildman–Crippen MR) is 62.8 cm³/mol. The molecule has 1 heterocycles. The molecule has 1 N–H and O–H groups in total. The lowest BCUT2D eigenvalue weighted by Crippen LogP contribution is -2.04. The minimum absolute atomic E-state index is 0.156. The number of hydrogen-bond acceptors (Lipinski definition) is 3. The van der Waals surface area contributed by atoms with Gasteiger partial charge in [-0.15, -0.1) is 0 Å². The number of carbonyl (C=O) groups is 1. The third-order valence-electron chi connectivity index (χ3n) is 2.11. The van der Waals surface area contributed by atoms with Gasteiger partial charge in [-0.2, -0.15) is 0 Å². The van der Waals surface area contributed by atoms with Gasteiger partial charge in [-0.05, 0) is 18.6 Å². The minimum Gasteiger partial charge on any atom is -0.478 e. The van der Waals surface area contributed by atoms with E-state index < -0.39 is 16.8 Å². The topological polar surface area (TPSA) is 67.3 Å². The molecule has 5 heteroatoms. The Morgan fingerprint density at radius 1 is 1.50 bits per heavy atom. The van der Waals surface area contributed by atoms with Crippen LogP contribution in [0, 0.1) is 0 Å². The van der Waals surface area contributed by atoms with Crippen LogP contribution >= 0.6 is 0 Å². The Balaban J connectivity index is 2.55. The summed E-state index contributed by atoms with van der Waals surface area (Å²) in [5.74, 6) is 0.0878. The van der Waals surface area contributed by atoms with Crippen LogP contribution in [0.1, 0.15) is 35.8 Å². The summed E-state index contributed by atoms with van der Waals surface area (Å²) >= 11 is 0. The molecule has 0 amide bonds. The lowest BCUT2D eigenvalue weighted by molar-refractivity contribution is 0.0696. The van der Waals surface area contributed by atoms with E-state index in [0.29, 0.717) is 17.2 Å². The smallest absolute Gasteiger partial charge is 0.337 e. The van der Waals surface area contributed by atoms with E-state index in [1.54, 1.807) is 6.07 Å². The first-order chi connectivity index (χ1) is 7.63. The van der Waals surface area contributed by atoms with Crippen LogP contribution in [0.5, 0.6) is 0 Å². The van der Waals surface area contributed by atoms with E-state index in [-0.39, 0.29) is 5.56 Å². The predicted octanol–water partition coefficient (Wildman–Crippen LogP) is 1.83. The van der Waals surface area contributed by atoms with Crippen LogP contribution in [0.25, 0.3) is 0 Å². The molecule has 1 rings (SSSR count). The van der Waals surface area contributed by atoms with Gasteiger partial charge in [0.15, 0.2) is 0 Å². The fourth-order valence-corrected chi connectivity index (χ4v) is 2.43. The number of aromatic nitrogens is 1. The quantitative estimate of drug-likeness (QED) is 0.825. The largest absolute Gasteiger partial charge is 0.478 e. The normalized spacial score (nSPS) is 12.3. The van der Waals surface area contributed by atoms with E-state index in [9.17, 15) is 9.00 Å². The van der Waals surface area contributed by atoms with E-state index in [1.807, 2.05) is 0 Å². The molecular formula is C11H15NO3S. The van der Waals surface area contributed by atoms with Crippen molar-refractivity contribution in [1.82, 2.24) is 4.98 Å². The maximum atomic E-state index is 11.5. The Morgan fingerprint density at radius 2 is 2.25 bits per heavy atom. The van der Waals surface area contributed by atoms with E-state index in [4.69, 9.17) is 5.11 Å². The molecule has 88 valence electrons. The van der Waals surface area contributed by atoms with Gasteiger partial charge in [-0.25, -0.2) is 4.79 Å². The number of rotatable bonds is 6. The first-order valence-electron chi connectivity index (χ1n) is 5.16. The number of carboxylic acids is 1. The standard InChI is InChI=1S/C11H15NO3S/c1-2-3-6-16(15)8-10-5-4-9(7-12-10)11(13)14/h4-5,7H,2-3,6,8H2,1H3,(H,13,14). The molecule has 0 aromatic carbocycles. The zero-order valence-corrected chi connectivity index (χ0v) is 10.00. The fraction of sp³-hybridized carbons (Fsp3) is 0.455. The lowest BCUT2D eigenvalue weighted by atomic mass is 10.2. The third kappa shape index (κ3) is 4.10. The molecule has 1 unspecified atom stereocenters. The molecule has 0 radical (unpaired) electrons. The van der Waals surface area contributed by atoms with Crippen LogP contribution in [-0.2, 0) is 16.6 Å². The molecule has 1 atom stereocenters. The molecule has 16 heavy (non-hydrogen) atoms. The molecule has 0 aliphatic carbocycles. The van der Waals surface area contributed by atoms with Gasteiger partial charge in [-0.1, -0.05) is 13.3 Å². The summed E-state index contributed by atoms with van der Waals surface area (Å²) in [7, 11) is -0.898. The van der Waals surface area contributed by atoms with Crippen molar-refractivity contribution in [2.24, 2.45) is 0 Å². The molecule has 0 aliphatic heterocycles. The molecule has 1 aromatic rings. The summed E-state index contributed by atoms with van der Waals surface area (Å²) in [6.45, 7) is 2.05. The van der Waals surface area contributed by atoms with Crippen molar-refractivity contribution in [3.8, 4) is 0 Å². The second kappa shape index (κ2) is 6.37. The Labute approximate surface area is 97.2 Å². The Bertz CT molecular complexity index is 375. The molecule has 0 aliphatic rings. The fourth-order valence-electron chi connectivity index (χ4n) is 1.18. The van der Waals surface area contributed by atoms with E-state index in [1.165, 1.54) is 12.3 Å². The van der Waals surface area contributed by atoms with Crippen LogP contribution in [0.2, 0.25) is 0 Å². The van der Waals surface area contributed by atoms with Crippen molar-refractivity contribution in [2.45, 2.75) is 25.5 Å². The summed E-state index contributed by atoms with van der Waals surface area (Å²) in [6.07, 6.45) is 3.27. The van der Waals surface area contributed by atoms with Gasteiger partial charge >= 0.3 is 5.97 Å². The van der Waals surface area contributed by atoms with Crippen LogP contribution < -0.4 is 0 Å². The summed E-state index contributed by atoms with van der Waals surface area (Å²) in [4.78, 5) is 14.5. The SMILES string of the molecule is CCCCS(=O)Cc1ccc(C(=O)O)cn1. The van der Waals surface area contributed by atoms with Crippen molar-refractivity contribution in [3.05, 3.63) is 29.6 Å². The molecule has 1 aromatic heterocycles. The number of nitrogens with zero attached hydrogens (tertiary/aromatic N) is 1. The lowest BCUT2D eigenvalue weighted by Gasteiger charge is -2.01. The molecular weight excluding hydrogens is 226 g/mol. The zero-order chi connectivity index (χ0) is 12.0. The van der Waals surface area contributed by atoms with Crippen LogP contribution in [-0.4, -0.2) is 26.0 Å². The monoisotopic (exact) mass is 241 g/mol. The average Bonchev–Trinajstić information content (AvgIpc) is 2.27. The van der Waals surface area contributed by atoms with Crippen molar-refractivity contribution in [1.29, 1.82) is 0 Å². The van der Waals surface area contributed by atoms with Gasteiger partial charge in [0, 0.05) is 22.7 Å². The van der Waals surface area contributed by atoms with Crippen molar-refractivity contribution in [2.75, 3.05) is 5.75 Å². The van der Waals surface area contributed by atoms with Crippen LogP contribution in [0.3, 0.4) is 0 Å².